The van der Waals surface area contributed by atoms with Gasteiger partial charge in [0.2, 0.25) is 0 Å². The van der Waals surface area contributed by atoms with Crippen molar-refractivity contribution in [3.05, 3.63) is 58.0 Å². The summed E-state index contributed by atoms with van der Waals surface area (Å²) >= 11 is 3.46. The van der Waals surface area contributed by atoms with Crippen molar-refractivity contribution < 1.29 is 13.9 Å². The van der Waals surface area contributed by atoms with E-state index < -0.39 is 0 Å². The third-order valence-electron chi connectivity index (χ3n) is 3.01. The van der Waals surface area contributed by atoms with E-state index in [0.717, 1.165) is 4.47 Å². The zero-order valence-electron chi connectivity index (χ0n) is 11.4. The van der Waals surface area contributed by atoms with Gasteiger partial charge in [0.15, 0.2) is 0 Å². The third-order valence-corrected chi connectivity index (χ3v) is 3.50. The lowest BCUT2D eigenvalue weighted by Crippen LogP contribution is -2.17. The fourth-order valence-corrected chi connectivity index (χ4v) is 2.26. The van der Waals surface area contributed by atoms with Crippen LogP contribution in [-0.2, 0) is 11.3 Å². The van der Waals surface area contributed by atoms with E-state index in [1.54, 1.807) is 6.07 Å². The summed E-state index contributed by atoms with van der Waals surface area (Å²) in [5, 5.41) is 3.35. The highest BCUT2D eigenvalue weighted by atomic mass is 79.9. The van der Waals surface area contributed by atoms with Crippen molar-refractivity contribution in [1.29, 1.82) is 0 Å². The summed E-state index contributed by atoms with van der Waals surface area (Å²) in [6.07, 6.45) is 1.41. The van der Waals surface area contributed by atoms with Crippen molar-refractivity contribution >= 4 is 21.9 Å². The Morgan fingerprint density at radius 2 is 2.25 bits per heavy atom. The Kier molecular flexibility index (Phi) is 4.98. The van der Waals surface area contributed by atoms with Gasteiger partial charge in [-0.2, -0.15) is 0 Å². The molecule has 5 heteroatoms. The van der Waals surface area contributed by atoms with Gasteiger partial charge in [-0.15, -0.1) is 0 Å². The molecule has 20 heavy (non-hydrogen) atoms. The molecule has 0 aliphatic carbocycles. The Balaban J connectivity index is 1.95. The lowest BCUT2D eigenvalue weighted by Gasteiger charge is -2.13. The number of carbonyl (C=O) groups excluding carboxylic acids is 1. The van der Waals surface area contributed by atoms with E-state index in [2.05, 4.69) is 45.0 Å². The van der Waals surface area contributed by atoms with Gasteiger partial charge in [-0.25, -0.2) is 4.79 Å². The fourth-order valence-electron chi connectivity index (χ4n) is 1.85. The van der Waals surface area contributed by atoms with Crippen LogP contribution in [0.15, 0.2) is 45.5 Å². The molecular formula is C15H16BrNO3. The van der Waals surface area contributed by atoms with E-state index in [9.17, 15) is 4.79 Å². The van der Waals surface area contributed by atoms with Crippen LogP contribution >= 0.6 is 15.9 Å². The first kappa shape index (κ1) is 14.8. The van der Waals surface area contributed by atoms with Crippen molar-refractivity contribution in [2.24, 2.45) is 0 Å². The van der Waals surface area contributed by atoms with E-state index in [0.29, 0.717) is 17.9 Å². The number of carbonyl (C=O) groups is 1. The number of methoxy groups -OCH3 is 1. The molecule has 0 aliphatic heterocycles. The maximum atomic E-state index is 11.3. The van der Waals surface area contributed by atoms with Crippen molar-refractivity contribution in [1.82, 2.24) is 5.32 Å². The Hall–Kier alpha value is -1.59. The molecule has 0 unspecified atom stereocenters. The fraction of sp³-hybridized carbons (Fsp3) is 0.267. The number of furan rings is 1. The average molecular weight is 338 g/mol. The van der Waals surface area contributed by atoms with Crippen LogP contribution in [0.1, 0.15) is 34.6 Å². The Labute approximate surface area is 126 Å². The standard InChI is InChI=1S/C15H16BrNO3/c1-10(11-4-3-5-13(16)6-11)17-8-14-7-12(9-20-14)15(18)19-2/h3-7,9-10,17H,8H2,1-2H3/t10-/m0/s1. The van der Waals surface area contributed by atoms with Crippen LogP contribution in [0.3, 0.4) is 0 Å². The highest BCUT2D eigenvalue weighted by Crippen LogP contribution is 2.18. The van der Waals surface area contributed by atoms with E-state index in [-0.39, 0.29) is 12.0 Å². The molecule has 0 amide bonds. The maximum Gasteiger partial charge on any atom is 0.341 e. The zero-order valence-corrected chi connectivity index (χ0v) is 12.9. The summed E-state index contributed by atoms with van der Waals surface area (Å²) in [6.45, 7) is 2.62. The SMILES string of the molecule is COC(=O)c1coc(CN[C@@H](C)c2cccc(Br)c2)c1. The molecule has 1 heterocycles. The summed E-state index contributed by atoms with van der Waals surface area (Å²) in [6, 6.07) is 9.99. The van der Waals surface area contributed by atoms with Gasteiger partial charge in [-0.05, 0) is 30.7 Å². The molecule has 0 bridgehead atoms. The van der Waals surface area contributed by atoms with Gasteiger partial charge < -0.3 is 14.5 Å². The van der Waals surface area contributed by atoms with E-state index in [1.807, 2.05) is 12.1 Å². The third kappa shape index (κ3) is 3.71. The molecule has 1 atom stereocenters. The summed E-state index contributed by atoms with van der Waals surface area (Å²) in [7, 11) is 1.35. The predicted octanol–water partition coefficient (Wildman–Crippen LogP) is 3.68. The van der Waals surface area contributed by atoms with Gasteiger partial charge in [0.05, 0.1) is 19.2 Å². The quantitative estimate of drug-likeness (QED) is 0.845. The first-order valence-corrected chi connectivity index (χ1v) is 7.04. The van der Waals surface area contributed by atoms with Crippen LogP contribution in [0.2, 0.25) is 0 Å². The van der Waals surface area contributed by atoms with Gasteiger partial charge in [0.1, 0.15) is 12.0 Å². The normalized spacial score (nSPS) is 12.2. The number of benzene rings is 1. The van der Waals surface area contributed by atoms with Crippen molar-refractivity contribution in [2.45, 2.75) is 19.5 Å². The molecule has 1 aromatic heterocycles. The predicted molar refractivity (Wildman–Crippen MR) is 79.4 cm³/mol. The van der Waals surface area contributed by atoms with E-state index in [1.165, 1.54) is 18.9 Å². The van der Waals surface area contributed by atoms with Crippen molar-refractivity contribution in [2.75, 3.05) is 7.11 Å². The molecule has 2 rings (SSSR count). The number of hydrogen-bond acceptors (Lipinski definition) is 4. The van der Waals surface area contributed by atoms with E-state index in [4.69, 9.17) is 4.42 Å². The molecule has 1 N–H and O–H groups in total. The molecule has 0 saturated heterocycles. The molecule has 4 nitrogen and oxygen atoms in total. The second-order valence-electron chi connectivity index (χ2n) is 4.45. The van der Waals surface area contributed by atoms with Crippen LogP contribution in [-0.4, -0.2) is 13.1 Å². The molecule has 1 aromatic carbocycles. The molecule has 2 aromatic rings. The number of halogens is 1. The van der Waals surface area contributed by atoms with Crippen LogP contribution < -0.4 is 5.32 Å². The first-order chi connectivity index (χ1) is 9.60. The summed E-state index contributed by atoms with van der Waals surface area (Å²) in [5.41, 5.74) is 1.61. The minimum Gasteiger partial charge on any atom is -0.467 e. The summed E-state index contributed by atoms with van der Waals surface area (Å²) in [5.74, 6) is 0.312. The van der Waals surface area contributed by atoms with Crippen molar-refractivity contribution in [3.63, 3.8) is 0 Å². The van der Waals surface area contributed by atoms with Gasteiger partial charge in [-0.1, -0.05) is 28.1 Å². The molecule has 0 radical (unpaired) electrons. The number of hydrogen-bond donors (Lipinski definition) is 1. The highest BCUT2D eigenvalue weighted by Gasteiger charge is 2.11. The van der Waals surface area contributed by atoms with E-state index >= 15 is 0 Å². The maximum absolute atomic E-state index is 11.3. The highest BCUT2D eigenvalue weighted by molar-refractivity contribution is 9.10. The number of esters is 1. The lowest BCUT2D eigenvalue weighted by atomic mass is 10.1. The Bertz CT molecular complexity index is 594. The van der Waals surface area contributed by atoms with Gasteiger partial charge >= 0.3 is 5.97 Å². The monoisotopic (exact) mass is 337 g/mol. The largest absolute Gasteiger partial charge is 0.467 e. The molecule has 0 saturated carbocycles. The molecule has 0 spiro atoms. The molecule has 0 fully saturated rings. The number of rotatable bonds is 5. The van der Waals surface area contributed by atoms with Crippen molar-refractivity contribution in [3.8, 4) is 0 Å². The minimum absolute atomic E-state index is 0.180. The topological polar surface area (TPSA) is 51.5 Å². The molecule has 0 aliphatic rings. The first-order valence-electron chi connectivity index (χ1n) is 6.24. The van der Waals surface area contributed by atoms with Gasteiger partial charge in [0.25, 0.3) is 0 Å². The zero-order chi connectivity index (χ0) is 14.5. The van der Waals surface area contributed by atoms with Crippen LogP contribution in [0, 0.1) is 0 Å². The minimum atomic E-state index is -0.389. The molecular weight excluding hydrogens is 322 g/mol. The van der Waals surface area contributed by atoms with Crippen LogP contribution in [0.5, 0.6) is 0 Å². The smallest absolute Gasteiger partial charge is 0.341 e. The van der Waals surface area contributed by atoms with Gasteiger partial charge in [0, 0.05) is 10.5 Å². The van der Waals surface area contributed by atoms with Gasteiger partial charge in [-0.3, -0.25) is 0 Å². The number of nitrogens with one attached hydrogen (secondary N) is 1. The Morgan fingerprint density at radius 3 is 2.95 bits per heavy atom. The van der Waals surface area contributed by atoms with Crippen LogP contribution in [0.25, 0.3) is 0 Å². The lowest BCUT2D eigenvalue weighted by molar-refractivity contribution is 0.0600. The molecule has 106 valence electrons. The average Bonchev–Trinajstić information content (AvgIpc) is 2.92. The Morgan fingerprint density at radius 1 is 1.45 bits per heavy atom. The summed E-state index contributed by atoms with van der Waals surface area (Å²) < 4.78 is 11.0. The second kappa shape index (κ2) is 6.72. The second-order valence-corrected chi connectivity index (χ2v) is 5.37. The summed E-state index contributed by atoms with van der Waals surface area (Å²) in [4.78, 5) is 11.3. The van der Waals surface area contributed by atoms with Crippen LogP contribution in [0.4, 0.5) is 0 Å². The number of ether oxygens (including phenoxy) is 1.